The summed E-state index contributed by atoms with van der Waals surface area (Å²) in [6, 6.07) is 17.1. The normalized spacial score (nSPS) is 11.7. The summed E-state index contributed by atoms with van der Waals surface area (Å²) in [4.78, 5) is 38.2. The number of hydrogen-bond donors (Lipinski definition) is 2. The molecule has 2 aromatic heterocycles. The molecule has 34 heavy (non-hydrogen) atoms. The maximum Gasteiger partial charge on any atom is 0.295 e. The van der Waals surface area contributed by atoms with Crippen LogP contribution < -0.4 is 21.1 Å². The number of amides is 2. The van der Waals surface area contributed by atoms with Crippen LogP contribution in [0.1, 0.15) is 5.69 Å². The molecule has 0 fully saturated rings. The van der Waals surface area contributed by atoms with E-state index in [1.807, 2.05) is 66.2 Å². The molecule has 11 heteroatoms. The number of aryl methyl sites for hydroxylation is 1. The van der Waals surface area contributed by atoms with E-state index in [9.17, 15) is 14.4 Å². The number of aromatic nitrogens is 3. The van der Waals surface area contributed by atoms with Crippen LogP contribution in [0.4, 0.5) is 5.69 Å². The molecular weight excluding hydrogens is 472 g/mol. The van der Waals surface area contributed by atoms with Gasteiger partial charge in [0.25, 0.3) is 5.56 Å². The first-order valence-corrected chi connectivity index (χ1v) is 12.4. The standard InChI is InChI=1S/C23H24N6O3S2/c1-15-21(22(32)29(28(15)3)16-9-5-4-6-10-16)24-19(30)13-33-14-20(31)25-26-23-27(2)17-11-7-8-12-18(17)34-23/h4-12H,13-14H2,1-3H3,(H,24,30)(H,25,31)/b26-23+. The number of thioether (sulfide) groups is 1. The zero-order valence-corrected chi connectivity index (χ0v) is 20.6. The highest BCUT2D eigenvalue weighted by Gasteiger charge is 2.18. The lowest BCUT2D eigenvalue weighted by atomic mass is 10.3. The summed E-state index contributed by atoms with van der Waals surface area (Å²) in [5, 5.41) is 6.89. The number of anilines is 1. The molecule has 0 radical (unpaired) electrons. The van der Waals surface area contributed by atoms with Crippen LogP contribution in [-0.2, 0) is 23.7 Å². The summed E-state index contributed by atoms with van der Waals surface area (Å²) in [5.74, 6) is -0.564. The average Bonchev–Trinajstić information content (AvgIpc) is 3.26. The molecule has 0 unspecified atom stereocenters. The first-order chi connectivity index (χ1) is 16.4. The van der Waals surface area contributed by atoms with Crippen molar-refractivity contribution in [3.63, 3.8) is 0 Å². The molecule has 4 rings (SSSR count). The van der Waals surface area contributed by atoms with Gasteiger partial charge in [0, 0.05) is 14.1 Å². The highest BCUT2D eigenvalue weighted by atomic mass is 32.2. The van der Waals surface area contributed by atoms with E-state index < -0.39 is 0 Å². The number of carbonyl (C=O) groups excluding carboxylic acids is 2. The Kier molecular flexibility index (Phi) is 7.03. The number of fused-ring (bicyclic) bond motifs is 1. The lowest BCUT2D eigenvalue weighted by Crippen LogP contribution is -2.26. The van der Waals surface area contributed by atoms with Crippen LogP contribution in [0.2, 0.25) is 0 Å². The topological polar surface area (TPSA) is 102 Å². The monoisotopic (exact) mass is 496 g/mol. The molecule has 0 aliphatic heterocycles. The summed E-state index contributed by atoms with van der Waals surface area (Å²) >= 11 is 2.63. The molecule has 0 spiro atoms. The van der Waals surface area contributed by atoms with E-state index in [4.69, 9.17) is 0 Å². The minimum absolute atomic E-state index is 0.0309. The first kappa shape index (κ1) is 23.6. The third kappa shape index (κ3) is 4.85. The van der Waals surface area contributed by atoms with E-state index in [0.29, 0.717) is 16.2 Å². The Bertz CT molecular complexity index is 1480. The van der Waals surface area contributed by atoms with Gasteiger partial charge in [-0.05, 0) is 31.2 Å². The van der Waals surface area contributed by atoms with Crippen molar-refractivity contribution in [3.05, 3.63) is 75.4 Å². The van der Waals surface area contributed by atoms with Crippen molar-refractivity contribution in [2.75, 3.05) is 16.8 Å². The Labute approximate surface area is 203 Å². The molecule has 0 bridgehead atoms. The van der Waals surface area contributed by atoms with Gasteiger partial charge in [0.15, 0.2) is 0 Å². The summed E-state index contributed by atoms with van der Waals surface area (Å²) in [5.41, 5.74) is 4.84. The second kappa shape index (κ2) is 10.1. The predicted molar refractivity (Wildman–Crippen MR) is 136 cm³/mol. The molecule has 0 saturated carbocycles. The summed E-state index contributed by atoms with van der Waals surface area (Å²) in [7, 11) is 3.65. The van der Waals surface area contributed by atoms with E-state index in [1.54, 1.807) is 18.7 Å². The van der Waals surface area contributed by atoms with Crippen LogP contribution in [0.15, 0.2) is 64.5 Å². The number of carbonyl (C=O) groups is 2. The SMILES string of the molecule is Cc1c(NC(=O)CSCC(=O)N/N=c2/sc3ccccc3n2C)c(=O)n(-c2ccccc2)n1C. The van der Waals surface area contributed by atoms with E-state index in [0.717, 1.165) is 22.0 Å². The highest BCUT2D eigenvalue weighted by molar-refractivity contribution is 8.00. The molecule has 4 aromatic rings. The molecule has 0 saturated heterocycles. The number of nitrogens with one attached hydrogen (secondary N) is 2. The van der Waals surface area contributed by atoms with Gasteiger partial charge < -0.3 is 9.88 Å². The number of rotatable bonds is 7. The van der Waals surface area contributed by atoms with Crippen molar-refractivity contribution in [2.45, 2.75) is 6.92 Å². The van der Waals surface area contributed by atoms with Crippen LogP contribution in [0.25, 0.3) is 15.9 Å². The van der Waals surface area contributed by atoms with Gasteiger partial charge in [0.2, 0.25) is 16.6 Å². The summed E-state index contributed by atoms with van der Waals surface area (Å²) in [6.45, 7) is 1.77. The number of para-hydroxylation sites is 2. The van der Waals surface area contributed by atoms with Crippen molar-refractivity contribution in [1.82, 2.24) is 19.4 Å². The molecule has 9 nitrogen and oxygen atoms in total. The van der Waals surface area contributed by atoms with Crippen LogP contribution in [0, 0.1) is 6.92 Å². The maximum absolute atomic E-state index is 12.9. The minimum Gasteiger partial charge on any atom is -0.319 e. The molecule has 176 valence electrons. The molecule has 0 aliphatic rings. The largest absolute Gasteiger partial charge is 0.319 e. The zero-order valence-electron chi connectivity index (χ0n) is 18.9. The Balaban J connectivity index is 1.34. The Morgan fingerprint density at radius 2 is 1.68 bits per heavy atom. The summed E-state index contributed by atoms with van der Waals surface area (Å²) < 4.78 is 6.18. The van der Waals surface area contributed by atoms with E-state index in [2.05, 4.69) is 15.8 Å². The van der Waals surface area contributed by atoms with Crippen LogP contribution in [-0.4, -0.2) is 37.3 Å². The van der Waals surface area contributed by atoms with Gasteiger partial charge in [-0.25, -0.2) is 10.1 Å². The van der Waals surface area contributed by atoms with Gasteiger partial charge in [0.05, 0.1) is 33.1 Å². The van der Waals surface area contributed by atoms with Crippen LogP contribution >= 0.6 is 23.1 Å². The third-order valence-corrected chi connectivity index (χ3v) is 7.32. The van der Waals surface area contributed by atoms with Crippen LogP contribution in [0.3, 0.4) is 0 Å². The molecule has 2 N–H and O–H groups in total. The molecule has 2 heterocycles. The van der Waals surface area contributed by atoms with Crippen molar-refractivity contribution >= 4 is 50.8 Å². The van der Waals surface area contributed by atoms with Gasteiger partial charge in [-0.3, -0.25) is 19.1 Å². The van der Waals surface area contributed by atoms with Gasteiger partial charge in [-0.2, -0.15) is 0 Å². The van der Waals surface area contributed by atoms with E-state index >= 15 is 0 Å². The third-order valence-electron chi connectivity index (χ3n) is 5.28. The quantitative estimate of drug-likeness (QED) is 0.384. The number of benzene rings is 2. The second-order valence-corrected chi connectivity index (χ2v) is 9.53. The molecule has 0 aliphatic carbocycles. The predicted octanol–water partition coefficient (Wildman–Crippen LogP) is 2.34. The minimum atomic E-state index is -0.350. The van der Waals surface area contributed by atoms with E-state index in [-0.39, 0.29) is 34.6 Å². The van der Waals surface area contributed by atoms with Gasteiger partial charge in [0.1, 0.15) is 5.69 Å². The highest BCUT2D eigenvalue weighted by Crippen LogP contribution is 2.16. The Morgan fingerprint density at radius 1 is 1.00 bits per heavy atom. The second-order valence-electron chi connectivity index (χ2n) is 7.54. The van der Waals surface area contributed by atoms with Crippen molar-refractivity contribution in [2.24, 2.45) is 19.2 Å². The van der Waals surface area contributed by atoms with Gasteiger partial charge >= 0.3 is 0 Å². The van der Waals surface area contributed by atoms with Crippen molar-refractivity contribution in [1.29, 1.82) is 0 Å². The van der Waals surface area contributed by atoms with Gasteiger partial charge in [-0.15, -0.1) is 16.9 Å². The van der Waals surface area contributed by atoms with E-state index in [1.165, 1.54) is 16.0 Å². The van der Waals surface area contributed by atoms with Crippen molar-refractivity contribution in [3.8, 4) is 5.69 Å². The fraction of sp³-hybridized carbons (Fsp3) is 0.217. The van der Waals surface area contributed by atoms with Crippen LogP contribution in [0.5, 0.6) is 0 Å². The van der Waals surface area contributed by atoms with Crippen molar-refractivity contribution < 1.29 is 9.59 Å². The molecule has 2 amide bonds. The lowest BCUT2D eigenvalue weighted by molar-refractivity contribution is -0.118. The molecule has 2 aromatic carbocycles. The lowest BCUT2D eigenvalue weighted by Gasteiger charge is -2.07. The zero-order chi connectivity index (χ0) is 24.2. The summed E-state index contributed by atoms with van der Waals surface area (Å²) in [6.07, 6.45) is 0. The Hall–Kier alpha value is -3.57. The maximum atomic E-state index is 12.9. The average molecular weight is 497 g/mol. The molecule has 0 atom stereocenters. The number of hydrogen-bond acceptors (Lipinski definition) is 6. The number of nitrogens with zero attached hydrogens (tertiary/aromatic N) is 4. The smallest absolute Gasteiger partial charge is 0.295 e. The van der Waals surface area contributed by atoms with Gasteiger partial charge in [-0.1, -0.05) is 41.7 Å². The molecular formula is C23H24N6O3S2. The Morgan fingerprint density at radius 3 is 2.41 bits per heavy atom. The number of thiazole rings is 1. The first-order valence-electron chi connectivity index (χ1n) is 10.5. The fourth-order valence-corrected chi connectivity index (χ4v) is 5.04. The fourth-order valence-electron chi connectivity index (χ4n) is 3.45.